The molecular formula is C12H19O4. The van der Waals surface area contributed by atoms with Crippen molar-refractivity contribution in [3.63, 3.8) is 0 Å². The topological polar surface area (TPSA) is 74.6 Å². The van der Waals surface area contributed by atoms with Crippen LogP contribution in [0.15, 0.2) is 0 Å². The van der Waals surface area contributed by atoms with Gasteiger partial charge in [0, 0.05) is 0 Å². The van der Waals surface area contributed by atoms with Crippen LogP contribution < -0.4 is 0 Å². The highest BCUT2D eigenvalue weighted by Crippen LogP contribution is 2.36. The summed E-state index contributed by atoms with van der Waals surface area (Å²) in [6, 6.07) is 0. The molecule has 0 heterocycles. The number of carboxylic acids is 2. The third kappa shape index (κ3) is 2.97. The summed E-state index contributed by atoms with van der Waals surface area (Å²) in [6.45, 7) is 3.40. The number of hydrogen-bond donors (Lipinski definition) is 2. The van der Waals surface area contributed by atoms with E-state index in [-0.39, 0.29) is 17.8 Å². The number of aliphatic carboxylic acids is 2. The van der Waals surface area contributed by atoms with Crippen molar-refractivity contribution in [1.82, 2.24) is 0 Å². The average Bonchev–Trinajstić information content (AvgIpc) is 2.26. The first-order valence-electron chi connectivity index (χ1n) is 5.72. The van der Waals surface area contributed by atoms with Crippen molar-refractivity contribution in [2.75, 3.05) is 0 Å². The Hall–Kier alpha value is -1.06. The first kappa shape index (κ1) is 13.0. The highest BCUT2D eigenvalue weighted by Gasteiger charge is 2.34. The first-order valence-corrected chi connectivity index (χ1v) is 5.72. The molecule has 4 heteroatoms. The maximum absolute atomic E-state index is 10.9. The van der Waals surface area contributed by atoms with Gasteiger partial charge in [-0.25, -0.2) is 0 Å². The summed E-state index contributed by atoms with van der Waals surface area (Å²) < 4.78 is 0. The third-order valence-corrected chi connectivity index (χ3v) is 3.71. The summed E-state index contributed by atoms with van der Waals surface area (Å²) in [6.07, 6.45) is 4.39. The Labute approximate surface area is 95.7 Å². The summed E-state index contributed by atoms with van der Waals surface area (Å²) >= 11 is 0. The molecule has 1 aliphatic carbocycles. The molecule has 0 bridgehead atoms. The number of carbonyl (C=O) groups is 2. The minimum Gasteiger partial charge on any atom is -0.481 e. The van der Waals surface area contributed by atoms with Crippen molar-refractivity contribution in [3.05, 3.63) is 6.42 Å². The van der Waals surface area contributed by atoms with Gasteiger partial charge in [-0.3, -0.25) is 9.59 Å². The SMILES string of the molecule is CC(C(=O)O)C1[CH]CCC(C(C)C(=O)O)C1. The van der Waals surface area contributed by atoms with Crippen LogP contribution in [0.5, 0.6) is 0 Å². The van der Waals surface area contributed by atoms with E-state index in [1.807, 2.05) is 6.42 Å². The molecule has 4 atom stereocenters. The van der Waals surface area contributed by atoms with Crippen molar-refractivity contribution in [2.45, 2.75) is 33.1 Å². The molecule has 0 saturated heterocycles. The van der Waals surface area contributed by atoms with Crippen LogP contribution in [0.4, 0.5) is 0 Å². The van der Waals surface area contributed by atoms with E-state index in [0.717, 1.165) is 12.8 Å². The van der Waals surface area contributed by atoms with E-state index in [0.29, 0.717) is 6.42 Å². The van der Waals surface area contributed by atoms with Gasteiger partial charge in [-0.05, 0) is 37.5 Å². The van der Waals surface area contributed by atoms with Gasteiger partial charge in [-0.1, -0.05) is 13.8 Å². The maximum Gasteiger partial charge on any atom is 0.306 e. The second-order valence-corrected chi connectivity index (χ2v) is 4.73. The number of rotatable bonds is 4. The molecule has 0 spiro atoms. The van der Waals surface area contributed by atoms with E-state index in [4.69, 9.17) is 10.2 Å². The van der Waals surface area contributed by atoms with Gasteiger partial charge in [0.25, 0.3) is 0 Å². The zero-order valence-electron chi connectivity index (χ0n) is 9.72. The molecule has 16 heavy (non-hydrogen) atoms. The minimum absolute atomic E-state index is 0.0121. The molecular weight excluding hydrogens is 208 g/mol. The molecule has 0 aliphatic heterocycles. The molecule has 0 aromatic rings. The predicted octanol–water partition coefficient (Wildman–Crippen LogP) is 2.05. The molecule has 4 nitrogen and oxygen atoms in total. The molecule has 1 rings (SSSR count). The second kappa shape index (κ2) is 5.32. The Bertz CT molecular complexity index is 248. The van der Waals surface area contributed by atoms with E-state index in [1.165, 1.54) is 0 Å². The zero-order valence-corrected chi connectivity index (χ0v) is 9.72. The van der Waals surface area contributed by atoms with Crippen LogP contribution in [0.2, 0.25) is 0 Å². The minimum atomic E-state index is -0.801. The summed E-state index contributed by atoms with van der Waals surface area (Å²) in [5.74, 6) is -2.26. The monoisotopic (exact) mass is 227 g/mol. The Morgan fingerprint density at radius 1 is 1.19 bits per heavy atom. The first-order chi connectivity index (χ1) is 7.43. The second-order valence-electron chi connectivity index (χ2n) is 4.73. The van der Waals surface area contributed by atoms with Crippen LogP contribution >= 0.6 is 0 Å². The summed E-state index contributed by atoms with van der Waals surface area (Å²) in [4.78, 5) is 21.8. The van der Waals surface area contributed by atoms with Gasteiger partial charge in [0.2, 0.25) is 0 Å². The van der Waals surface area contributed by atoms with E-state index in [9.17, 15) is 9.59 Å². The Kier molecular flexibility index (Phi) is 4.33. The van der Waals surface area contributed by atoms with Gasteiger partial charge in [0.15, 0.2) is 0 Å². The molecule has 4 unspecified atom stereocenters. The lowest BCUT2D eigenvalue weighted by atomic mass is 9.71. The van der Waals surface area contributed by atoms with E-state index in [2.05, 4.69) is 0 Å². The number of hydrogen-bond acceptors (Lipinski definition) is 2. The smallest absolute Gasteiger partial charge is 0.306 e. The third-order valence-electron chi connectivity index (χ3n) is 3.71. The summed E-state index contributed by atoms with van der Waals surface area (Å²) in [5.41, 5.74) is 0. The lowest BCUT2D eigenvalue weighted by Gasteiger charge is -2.33. The predicted molar refractivity (Wildman–Crippen MR) is 58.7 cm³/mol. The van der Waals surface area contributed by atoms with Gasteiger partial charge in [-0.2, -0.15) is 0 Å². The Morgan fingerprint density at radius 3 is 2.25 bits per heavy atom. The average molecular weight is 227 g/mol. The highest BCUT2D eigenvalue weighted by atomic mass is 16.4. The van der Waals surface area contributed by atoms with Crippen molar-refractivity contribution >= 4 is 11.9 Å². The van der Waals surface area contributed by atoms with E-state index >= 15 is 0 Å². The fraction of sp³-hybridized carbons (Fsp3) is 0.750. The Morgan fingerprint density at radius 2 is 1.75 bits per heavy atom. The van der Waals surface area contributed by atoms with Crippen LogP contribution in [0.25, 0.3) is 0 Å². The van der Waals surface area contributed by atoms with Crippen molar-refractivity contribution in [3.8, 4) is 0 Å². The van der Waals surface area contributed by atoms with Crippen LogP contribution in [-0.2, 0) is 9.59 Å². The van der Waals surface area contributed by atoms with Gasteiger partial charge < -0.3 is 10.2 Å². The molecule has 91 valence electrons. The van der Waals surface area contributed by atoms with Gasteiger partial charge in [0.1, 0.15) is 0 Å². The van der Waals surface area contributed by atoms with E-state index < -0.39 is 17.9 Å². The van der Waals surface area contributed by atoms with Crippen molar-refractivity contribution < 1.29 is 19.8 Å². The molecule has 2 N–H and O–H groups in total. The molecule has 1 fully saturated rings. The van der Waals surface area contributed by atoms with Crippen molar-refractivity contribution in [1.29, 1.82) is 0 Å². The fourth-order valence-electron chi connectivity index (χ4n) is 2.34. The zero-order chi connectivity index (χ0) is 12.3. The molecule has 0 amide bonds. The molecule has 0 aromatic heterocycles. The quantitative estimate of drug-likeness (QED) is 0.770. The molecule has 1 saturated carbocycles. The lowest BCUT2D eigenvalue weighted by molar-refractivity contribution is -0.144. The molecule has 1 aliphatic rings. The molecule has 1 radical (unpaired) electrons. The Balaban J connectivity index is 2.60. The van der Waals surface area contributed by atoms with E-state index in [1.54, 1.807) is 13.8 Å². The van der Waals surface area contributed by atoms with Gasteiger partial charge in [0.05, 0.1) is 11.8 Å². The summed E-state index contributed by atoms with van der Waals surface area (Å²) in [7, 11) is 0. The lowest BCUT2D eigenvalue weighted by Crippen LogP contribution is -2.31. The highest BCUT2D eigenvalue weighted by molar-refractivity contribution is 5.71. The standard InChI is InChI=1S/C12H19O4/c1-7(11(13)14)9-4-3-5-10(6-9)8(2)12(15)16/h4,7-10H,3,5-6H2,1-2H3,(H,13,14)(H,15,16). The van der Waals surface area contributed by atoms with Crippen LogP contribution in [-0.4, -0.2) is 22.2 Å². The normalized spacial score (nSPS) is 29.4. The van der Waals surface area contributed by atoms with Crippen LogP contribution in [0.3, 0.4) is 0 Å². The van der Waals surface area contributed by atoms with Crippen LogP contribution in [0, 0.1) is 30.1 Å². The largest absolute Gasteiger partial charge is 0.481 e. The van der Waals surface area contributed by atoms with Gasteiger partial charge >= 0.3 is 11.9 Å². The summed E-state index contributed by atoms with van der Waals surface area (Å²) in [5, 5.41) is 17.9. The van der Waals surface area contributed by atoms with Crippen molar-refractivity contribution in [2.24, 2.45) is 23.7 Å². The number of carboxylic acid groups (broad SMARTS) is 2. The maximum atomic E-state index is 10.9. The van der Waals surface area contributed by atoms with Crippen LogP contribution in [0.1, 0.15) is 33.1 Å². The fourth-order valence-corrected chi connectivity index (χ4v) is 2.34. The molecule has 0 aromatic carbocycles. The van der Waals surface area contributed by atoms with Gasteiger partial charge in [-0.15, -0.1) is 0 Å².